The number of aryl methyl sites for hydroxylation is 3. The standard InChI is InChI=1S/C24H27Cl2FN4.ClH/c1-4-11-30-16(3)28-24(29-30)31(22-10-9-19(25)14-20(22)26)23(12-17-6-7-17)18-8-5-15(2)21(27)13-18;/h5,8-10,13-14,17,23H,4,6-7,11-12H2,1-3H3;1H/t23-;/m0./s1. The molecule has 1 atom stereocenters. The second-order valence-corrected chi connectivity index (χ2v) is 9.20. The van der Waals surface area contributed by atoms with Crippen molar-refractivity contribution in [2.75, 3.05) is 4.90 Å². The molecule has 0 amide bonds. The number of rotatable bonds is 8. The Hall–Kier alpha value is -1.82. The molecule has 0 N–H and O–H groups in total. The van der Waals surface area contributed by atoms with Crippen molar-refractivity contribution in [3.05, 3.63) is 69.2 Å². The minimum atomic E-state index is -0.207. The Balaban J connectivity index is 0.00000289. The molecule has 2 aromatic carbocycles. The van der Waals surface area contributed by atoms with E-state index in [0.717, 1.165) is 36.5 Å². The second-order valence-electron chi connectivity index (χ2n) is 8.35. The zero-order valence-electron chi connectivity index (χ0n) is 18.5. The zero-order valence-corrected chi connectivity index (χ0v) is 20.8. The maximum Gasteiger partial charge on any atom is 0.250 e. The third kappa shape index (κ3) is 5.38. The first-order valence-electron chi connectivity index (χ1n) is 10.8. The van der Waals surface area contributed by atoms with Gasteiger partial charge in [-0.2, -0.15) is 4.98 Å². The SMILES string of the molecule is CCCn1nc(N(c2ccc(Cl)cc2Cl)[C@@H](CC2CC2)c2ccc(C)c(F)c2)nc1C.Cl. The molecule has 1 saturated carbocycles. The second kappa shape index (κ2) is 10.4. The quantitative estimate of drug-likeness (QED) is 0.318. The van der Waals surface area contributed by atoms with Crippen LogP contribution in [0.1, 0.15) is 55.6 Å². The number of anilines is 2. The number of hydrogen-bond acceptors (Lipinski definition) is 3. The topological polar surface area (TPSA) is 34.0 Å². The molecule has 1 fully saturated rings. The summed E-state index contributed by atoms with van der Waals surface area (Å²) in [6.07, 6.45) is 4.20. The summed E-state index contributed by atoms with van der Waals surface area (Å²) in [4.78, 5) is 6.83. The predicted octanol–water partition coefficient (Wildman–Crippen LogP) is 7.85. The number of hydrogen-bond donors (Lipinski definition) is 0. The highest BCUT2D eigenvalue weighted by Gasteiger charge is 2.34. The van der Waals surface area contributed by atoms with Gasteiger partial charge in [0.2, 0.25) is 5.95 Å². The summed E-state index contributed by atoms with van der Waals surface area (Å²) in [6, 6.07) is 10.8. The first-order valence-corrected chi connectivity index (χ1v) is 11.5. The molecule has 0 unspecified atom stereocenters. The summed E-state index contributed by atoms with van der Waals surface area (Å²) in [5, 5.41) is 5.88. The Morgan fingerprint density at radius 3 is 2.53 bits per heavy atom. The highest BCUT2D eigenvalue weighted by atomic mass is 35.5. The van der Waals surface area contributed by atoms with E-state index in [1.54, 1.807) is 19.1 Å². The lowest BCUT2D eigenvalue weighted by atomic mass is 9.97. The molecule has 1 aliphatic rings. The van der Waals surface area contributed by atoms with Gasteiger partial charge < -0.3 is 4.90 Å². The van der Waals surface area contributed by atoms with E-state index in [1.807, 2.05) is 35.9 Å². The number of halogens is 4. The Morgan fingerprint density at radius 1 is 1.16 bits per heavy atom. The molecule has 0 saturated heterocycles. The van der Waals surface area contributed by atoms with Gasteiger partial charge in [0.15, 0.2) is 0 Å². The molecule has 0 spiro atoms. The lowest BCUT2D eigenvalue weighted by Gasteiger charge is -2.32. The first-order chi connectivity index (χ1) is 14.9. The minimum Gasteiger partial charge on any atom is -0.300 e. The molecule has 3 aromatic rings. The highest BCUT2D eigenvalue weighted by molar-refractivity contribution is 6.36. The van der Waals surface area contributed by atoms with Crippen molar-refractivity contribution >= 4 is 47.2 Å². The largest absolute Gasteiger partial charge is 0.300 e. The third-order valence-electron chi connectivity index (χ3n) is 5.81. The fourth-order valence-electron chi connectivity index (χ4n) is 3.90. The van der Waals surface area contributed by atoms with E-state index in [0.29, 0.717) is 27.5 Å². The van der Waals surface area contributed by atoms with E-state index >= 15 is 0 Å². The van der Waals surface area contributed by atoms with Crippen LogP contribution in [0.2, 0.25) is 10.0 Å². The molecule has 0 radical (unpaired) electrons. The normalized spacial score (nSPS) is 14.2. The van der Waals surface area contributed by atoms with Crippen molar-refractivity contribution in [2.45, 2.75) is 59.0 Å². The monoisotopic (exact) mass is 496 g/mol. The lowest BCUT2D eigenvalue weighted by Crippen LogP contribution is -2.26. The summed E-state index contributed by atoms with van der Waals surface area (Å²) in [7, 11) is 0. The van der Waals surface area contributed by atoms with Crippen LogP contribution in [0.25, 0.3) is 0 Å². The summed E-state index contributed by atoms with van der Waals surface area (Å²) >= 11 is 12.8. The van der Waals surface area contributed by atoms with E-state index in [1.165, 1.54) is 12.8 Å². The van der Waals surface area contributed by atoms with Gasteiger partial charge in [-0.15, -0.1) is 17.5 Å². The maximum atomic E-state index is 14.6. The Morgan fingerprint density at radius 2 is 1.91 bits per heavy atom. The van der Waals surface area contributed by atoms with Gasteiger partial charge in [0.25, 0.3) is 0 Å². The van der Waals surface area contributed by atoms with Gasteiger partial charge in [0.1, 0.15) is 11.6 Å². The van der Waals surface area contributed by atoms with Crippen molar-refractivity contribution in [1.82, 2.24) is 14.8 Å². The molecule has 4 rings (SSSR count). The molecule has 1 aliphatic carbocycles. The van der Waals surface area contributed by atoms with E-state index < -0.39 is 0 Å². The highest BCUT2D eigenvalue weighted by Crippen LogP contribution is 2.46. The number of nitrogens with zero attached hydrogens (tertiary/aromatic N) is 4. The predicted molar refractivity (Wildman–Crippen MR) is 132 cm³/mol. The Labute approximate surface area is 205 Å². The molecule has 1 heterocycles. The van der Waals surface area contributed by atoms with Crippen LogP contribution in [0.3, 0.4) is 0 Å². The van der Waals surface area contributed by atoms with Gasteiger partial charge >= 0.3 is 0 Å². The average Bonchev–Trinajstić information content (AvgIpc) is 3.47. The Bertz CT molecular complexity index is 1080. The summed E-state index contributed by atoms with van der Waals surface area (Å²) in [5.74, 6) is 1.80. The minimum absolute atomic E-state index is 0. The third-order valence-corrected chi connectivity index (χ3v) is 6.35. The fourth-order valence-corrected chi connectivity index (χ4v) is 4.40. The zero-order chi connectivity index (χ0) is 22.1. The average molecular weight is 498 g/mol. The van der Waals surface area contributed by atoms with Crippen molar-refractivity contribution in [1.29, 1.82) is 0 Å². The molecule has 1 aromatic heterocycles. The van der Waals surface area contributed by atoms with Gasteiger partial charge in [-0.3, -0.25) is 0 Å². The van der Waals surface area contributed by atoms with Gasteiger partial charge in [-0.25, -0.2) is 9.07 Å². The van der Waals surface area contributed by atoms with Gasteiger partial charge in [0.05, 0.1) is 16.8 Å². The Kier molecular flexibility index (Phi) is 8.07. The van der Waals surface area contributed by atoms with Crippen molar-refractivity contribution in [3.8, 4) is 0 Å². The molecule has 0 bridgehead atoms. The molecular weight excluding hydrogens is 470 g/mol. The molecule has 32 heavy (non-hydrogen) atoms. The number of aromatic nitrogens is 3. The maximum absolute atomic E-state index is 14.6. The molecule has 4 nitrogen and oxygen atoms in total. The summed E-state index contributed by atoms with van der Waals surface area (Å²) < 4.78 is 16.5. The van der Waals surface area contributed by atoms with Crippen LogP contribution in [-0.2, 0) is 6.54 Å². The van der Waals surface area contributed by atoms with E-state index in [4.69, 9.17) is 33.3 Å². The van der Waals surface area contributed by atoms with Crippen LogP contribution in [0, 0.1) is 25.6 Å². The van der Waals surface area contributed by atoms with Crippen LogP contribution in [0.5, 0.6) is 0 Å². The van der Waals surface area contributed by atoms with Crippen LogP contribution < -0.4 is 4.90 Å². The smallest absolute Gasteiger partial charge is 0.250 e. The van der Waals surface area contributed by atoms with Crippen molar-refractivity contribution in [2.24, 2.45) is 5.92 Å². The number of benzene rings is 2. The van der Waals surface area contributed by atoms with Crippen LogP contribution >= 0.6 is 35.6 Å². The molecule has 0 aliphatic heterocycles. The summed E-state index contributed by atoms with van der Waals surface area (Å²) in [5.41, 5.74) is 2.29. The van der Waals surface area contributed by atoms with Gasteiger partial charge in [-0.05, 0) is 68.0 Å². The molecule has 8 heteroatoms. The van der Waals surface area contributed by atoms with Crippen LogP contribution in [0.15, 0.2) is 36.4 Å². The van der Waals surface area contributed by atoms with Crippen molar-refractivity contribution < 1.29 is 4.39 Å². The van der Waals surface area contributed by atoms with Crippen LogP contribution in [0.4, 0.5) is 16.0 Å². The molecule has 172 valence electrons. The first kappa shape index (κ1) is 24.8. The van der Waals surface area contributed by atoms with Crippen molar-refractivity contribution in [3.63, 3.8) is 0 Å². The fraction of sp³-hybridized carbons (Fsp3) is 0.417. The van der Waals surface area contributed by atoms with Gasteiger partial charge in [-0.1, -0.05) is 55.1 Å². The van der Waals surface area contributed by atoms with Crippen LogP contribution in [-0.4, -0.2) is 14.8 Å². The van der Waals surface area contributed by atoms with E-state index in [2.05, 4.69) is 11.8 Å². The lowest BCUT2D eigenvalue weighted by molar-refractivity contribution is 0.555. The van der Waals surface area contributed by atoms with E-state index in [9.17, 15) is 4.39 Å². The summed E-state index contributed by atoms with van der Waals surface area (Å²) in [6.45, 7) is 6.63. The van der Waals surface area contributed by atoms with Gasteiger partial charge in [0, 0.05) is 11.6 Å². The molecular formula is C24H28Cl3FN4. The van der Waals surface area contributed by atoms with E-state index in [-0.39, 0.29) is 24.3 Å².